The fourth-order valence-electron chi connectivity index (χ4n) is 4.24. The van der Waals surface area contributed by atoms with E-state index in [4.69, 9.17) is 0 Å². The molecule has 7 nitrogen and oxygen atoms in total. The first kappa shape index (κ1) is 19.8. The molecule has 0 spiro atoms. The van der Waals surface area contributed by atoms with Gasteiger partial charge in [0.15, 0.2) is 6.04 Å². The highest BCUT2D eigenvalue weighted by atomic mass is 19.4. The number of aromatic nitrogens is 4. The Morgan fingerprint density at radius 2 is 2.10 bits per heavy atom. The molecule has 29 heavy (non-hydrogen) atoms. The van der Waals surface area contributed by atoms with Gasteiger partial charge in [-0.3, -0.25) is 9.48 Å². The number of carbonyl (C=O) groups excluding carboxylic acids is 1. The van der Waals surface area contributed by atoms with Crippen LogP contribution < -0.4 is 5.32 Å². The molecule has 1 N–H and O–H groups in total. The van der Waals surface area contributed by atoms with Crippen LogP contribution in [-0.2, 0) is 7.05 Å². The van der Waals surface area contributed by atoms with Gasteiger partial charge in [0.1, 0.15) is 5.82 Å². The lowest BCUT2D eigenvalue weighted by atomic mass is 9.94. The summed E-state index contributed by atoms with van der Waals surface area (Å²) in [5.74, 6) is 0.252. The van der Waals surface area contributed by atoms with Crippen LogP contribution in [0.1, 0.15) is 61.2 Å². The molecule has 2 aromatic heterocycles. The number of rotatable bonds is 3. The number of nitrogens with one attached hydrogen (secondary N) is 1. The molecule has 2 aromatic rings. The lowest BCUT2D eigenvalue weighted by molar-refractivity contribution is -0.174. The van der Waals surface area contributed by atoms with E-state index >= 15 is 0 Å². The second kappa shape index (κ2) is 7.07. The Kier molecular flexibility index (Phi) is 4.82. The van der Waals surface area contributed by atoms with Gasteiger partial charge in [0.25, 0.3) is 5.91 Å². The zero-order chi connectivity index (χ0) is 20.9. The van der Waals surface area contributed by atoms with Crippen molar-refractivity contribution in [3.8, 4) is 0 Å². The minimum atomic E-state index is -4.38. The number of amides is 1. The van der Waals surface area contributed by atoms with Crippen LogP contribution in [0.4, 0.5) is 19.0 Å². The number of hydrogen-bond donors (Lipinski definition) is 1. The maximum Gasteiger partial charge on any atom is 0.410 e. The summed E-state index contributed by atoms with van der Waals surface area (Å²) in [6, 6.07) is -0.611. The molecular weight excluding hydrogens is 385 g/mol. The van der Waals surface area contributed by atoms with Gasteiger partial charge in [-0.05, 0) is 25.2 Å². The number of aryl methyl sites for hydroxylation is 1. The Morgan fingerprint density at radius 3 is 2.72 bits per heavy atom. The summed E-state index contributed by atoms with van der Waals surface area (Å²) in [7, 11) is 1.73. The van der Waals surface area contributed by atoms with Crippen molar-refractivity contribution >= 4 is 11.7 Å². The zero-order valence-corrected chi connectivity index (χ0v) is 16.6. The van der Waals surface area contributed by atoms with Gasteiger partial charge in [-0.2, -0.15) is 23.4 Å². The highest BCUT2D eigenvalue weighted by molar-refractivity contribution is 5.94. The molecule has 0 aliphatic carbocycles. The predicted molar refractivity (Wildman–Crippen MR) is 100 cm³/mol. The molecule has 0 bridgehead atoms. The molecule has 2 aliphatic heterocycles. The summed E-state index contributed by atoms with van der Waals surface area (Å²) in [5, 5.41) is 11.6. The fourth-order valence-corrected chi connectivity index (χ4v) is 4.24. The van der Waals surface area contributed by atoms with Gasteiger partial charge >= 0.3 is 6.18 Å². The van der Waals surface area contributed by atoms with Crippen molar-refractivity contribution in [1.82, 2.24) is 24.5 Å². The van der Waals surface area contributed by atoms with Crippen LogP contribution in [0.2, 0.25) is 0 Å². The van der Waals surface area contributed by atoms with E-state index in [2.05, 4.69) is 15.5 Å². The number of alkyl halides is 3. The van der Waals surface area contributed by atoms with Crippen LogP contribution in [0.5, 0.6) is 0 Å². The summed E-state index contributed by atoms with van der Waals surface area (Å²) in [6.07, 6.45) is 0.164. The SMILES string of the molecule is CC(C)[C@@H]1C[C@H](C(F)(F)F)n2nc([C@@H]3CCCN3C(=O)c3cnn(C)c3)cc2N1. The molecule has 4 heterocycles. The van der Waals surface area contributed by atoms with Crippen molar-refractivity contribution in [1.29, 1.82) is 0 Å². The topological polar surface area (TPSA) is 68.0 Å². The standard InChI is InChI=1S/C19H25F3N6O/c1-11(2)13-7-16(19(20,21)22)28-17(24-13)8-14(25-28)15-5-4-6-27(15)18(29)12-9-23-26(3)10-12/h8-11,13,15-16,24H,4-7H2,1-3H3/t13-,15-,16+/m0/s1. The van der Waals surface area contributed by atoms with E-state index < -0.39 is 12.2 Å². The third-order valence-corrected chi connectivity index (χ3v) is 5.85. The molecule has 1 fully saturated rings. The van der Waals surface area contributed by atoms with E-state index in [-0.39, 0.29) is 30.3 Å². The maximum atomic E-state index is 13.7. The summed E-state index contributed by atoms with van der Waals surface area (Å²) in [5.41, 5.74) is 0.968. The van der Waals surface area contributed by atoms with Crippen molar-refractivity contribution < 1.29 is 18.0 Å². The van der Waals surface area contributed by atoms with Gasteiger partial charge in [-0.15, -0.1) is 0 Å². The van der Waals surface area contributed by atoms with Crippen molar-refractivity contribution in [2.75, 3.05) is 11.9 Å². The minimum absolute atomic E-state index is 0.0573. The first-order chi connectivity index (χ1) is 13.6. The van der Waals surface area contributed by atoms with Crippen molar-refractivity contribution in [3.05, 3.63) is 29.7 Å². The number of fused-ring (bicyclic) bond motifs is 1. The predicted octanol–water partition coefficient (Wildman–Crippen LogP) is 3.54. The number of carbonyl (C=O) groups is 1. The number of anilines is 1. The number of nitrogens with zero attached hydrogens (tertiary/aromatic N) is 5. The molecule has 1 saturated heterocycles. The van der Waals surface area contributed by atoms with Crippen LogP contribution in [0.3, 0.4) is 0 Å². The van der Waals surface area contributed by atoms with E-state index in [1.165, 1.54) is 6.20 Å². The van der Waals surface area contributed by atoms with E-state index in [1.807, 2.05) is 13.8 Å². The summed E-state index contributed by atoms with van der Waals surface area (Å²) in [6.45, 7) is 4.36. The number of likely N-dealkylation sites (tertiary alicyclic amines) is 1. The van der Waals surface area contributed by atoms with Crippen LogP contribution in [0, 0.1) is 5.92 Å². The molecule has 4 rings (SSSR count). The van der Waals surface area contributed by atoms with Crippen molar-refractivity contribution in [3.63, 3.8) is 0 Å². The monoisotopic (exact) mass is 410 g/mol. The summed E-state index contributed by atoms with van der Waals surface area (Å²) < 4.78 is 43.7. The van der Waals surface area contributed by atoms with Gasteiger partial charge in [-0.25, -0.2) is 4.68 Å². The minimum Gasteiger partial charge on any atom is -0.367 e. The summed E-state index contributed by atoms with van der Waals surface area (Å²) >= 11 is 0. The van der Waals surface area contributed by atoms with Gasteiger partial charge in [0.05, 0.1) is 23.5 Å². The average molecular weight is 410 g/mol. The number of halogens is 3. The highest BCUT2D eigenvalue weighted by Gasteiger charge is 2.47. The molecule has 3 atom stereocenters. The van der Waals surface area contributed by atoms with Crippen LogP contribution >= 0.6 is 0 Å². The molecule has 0 aromatic carbocycles. The Bertz CT molecular complexity index is 902. The lowest BCUT2D eigenvalue weighted by Crippen LogP contribution is -2.41. The van der Waals surface area contributed by atoms with E-state index in [0.29, 0.717) is 30.0 Å². The van der Waals surface area contributed by atoms with Crippen LogP contribution in [-0.4, -0.2) is 49.1 Å². The maximum absolute atomic E-state index is 13.7. The Morgan fingerprint density at radius 1 is 1.34 bits per heavy atom. The Hall–Kier alpha value is -2.52. The average Bonchev–Trinajstić information content (AvgIpc) is 3.37. The lowest BCUT2D eigenvalue weighted by Gasteiger charge is -2.35. The second-order valence-electron chi connectivity index (χ2n) is 8.25. The first-order valence-electron chi connectivity index (χ1n) is 9.87. The van der Waals surface area contributed by atoms with Gasteiger partial charge in [-0.1, -0.05) is 13.8 Å². The van der Waals surface area contributed by atoms with Crippen molar-refractivity contribution in [2.45, 2.75) is 57.4 Å². The second-order valence-corrected chi connectivity index (χ2v) is 8.25. The molecule has 158 valence electrons. The molecule has 0 radical (unpaired) electrons. The highest BCUT2D eigenvalue weighted by Crippen LogP contribution is 2.42. The molecule has 10 heteroatoms. The molecule has 0 unspecified atom stereocenters. The third kappa shape index (κ3) is 3.60. The van der Waals surface area contributed by atoms with E-state index in [0.717, 1.165) is 11.1 Å². The van der Waals surface area contributed by atoms with Crippen LogP contribution in [0.15, 0.2) is 18.5 Å². The largest absolute Gasteiger partial charge is 0.410 e. The first-order valence-corrected chi connectivity index (χ1v) is 9.87. The molecule has 2 aliphatic rings. The Balaban J connectivity index is 1.65. The zero-order valence-electron chi connectivity index (χ0n) is 16.6. The summed E-state index contributed by atoms with van der Waals surface area (Å²) in [4.78, 5) is 14.6. The quantitative estimate of drug-likeness (QED) is 0.841. The van der Waals surface area contributed by atoms with Crippen LogP contribution in [0.25, 0.3) is 0 Å². The van der Waals surface area contributed by atoms with E-state index in [9.17, 15) is 18.0 Å². The number of hydrogen-bond acceptors (Lipinski definition) is 4. The molecular formula is C19H25F3N6O. The third-order valence-electron chi connectivity index (χ3n) is 5.85. The normalized spacial score (nSPS) is 24.7. The molecule has 0 saturated carbocycles. The van der Waals surface area contributed by atoms with E-state index in [1.54, 1.807) is 28.9 Å². The van der Waals surface area contributed by atoms with Gasteiger partial charge in [0, 0.05) is 31.9 Å². The Labute approximate surface area is 166 Å². The smallest absolute Gasteiger partial charge is 0.367 e. The van der Waals surface area contributed by atoms with Gasteiger partial charge in [0.2, 0.25) is 0 Å². The van der Waals surface area contributed by atoms with Gasteiger partial charge < -0.3 is 10.2 Å². The fraction of sp³-hybridized carbons (Fsp3) is 0.632. The van der Waals surface area contributed by atoms with Crippen molar-refractivity contribution in [2.24, 2.45) is 13.0 Å². The molecule has 1 amide bonds.